The smallest absolute Gasteiger partial charge is 0.243 e. The summed E-state index contributed by atoms with van der Waals surface area (Å²) in [6.45, 7) is 5.05. The van der Waals surface area contributed by atoms with Crippen LogP contribution in [0.2, 0.25) is 0 Å². The van der Waals surface area contributed by atoms with Gasteiger partial charge in [0.05, 0.1) is 18.3 Å². The molecule has 1 atom stereocenters. The van der Waals surface area contributed by atoms with Gasteiger partial charge in [-0.3, -0.25) is 9.59 Å². The quantitative estimate of drug-likeness (QED) is 0.581. The van der Waals surface area contributed by atoms with Gasteiger partial charge in [-0.2, -0.15) is 0 Å². The van der Waals surface area contributed by atoms with Crippen LogP contribution in [-0.4, -0.2) is 37.7 Å². The van der Waals surface area contributed by atoms with E-state index in [-0.39, 0.29) is 24.5 Å². The second kappa shape index (κ2) is 10.6. The van der Waals surface area contributed by atoms with Crippen LogP contribution in [-0.2, 0) is 14.3 Å². The minimum absolute atomic E-state index is 0.0485. The van der Waals surface area contributed by atoms with Gasteiger partial charge in [0.15, 0.2) is 0 Å². The van der Waals surface area contributed by atoms with Crippen LogP contribution < -0.4 is 20.7 Å². The molecule has 1 unspecified atom stereocenters. The number of nitrogens with one attached hydrogen (secondary N) is 3. The molecular weight excluding hydrogens is 382 g/mol. The summed E-state index contributed by atoms with van der Waals surface area (Å²) in [6.07, 6.45) is 2.57. The van der Waals surface area contributed by atoms with E-state index in [1.807, 2.05) is 49.4 Å². The molecule has 0 radical (unpaired) electrons. The SMILES string of the molecule is CCC(=O)Nc1cccc(NCC(=O)Nc2ccccc2OCC2CCCO2)c1C. The van der Waals surface area contributed by atoms with E-state index in [0.29, 0.717) is 24.5 Å². The molecule has 30 heavy (non-hydrogen) atoms. The molecule has 0 spiro atoms. The maximum Gasteiger partial charge on any atom is 0.243 e. The second-order valence-electron chi connectivity index (χ2n) is 7.22. The monoisotopic (exact) mass is 411 g/mol. The number of ether oxygens (including phenoxy) is 2. The molecule has 3 N–H and O–H groups in total. The predicted octanol–water partition coefficient (Wildman–Crippen LogP) is 3.95. The van der Waals surface area contributed by atoms with Crippen LogP contribution in [0, 0.1) is 6.92 Å². The number of hydrogen-bond acceptors (Lipinski definition) is 5. The number of para-hydroxylation sites is 2. The molecule has 160 valence electrons. The highest BCUT2D eigenvalue weighted by atomic mass is 16.5. The molecule has 0 saturated carbocycles. The first-order valence-corrected chi connectivity index (χ1v) is 10.3. The topological polar surface area (TPSA) is 88.7 Å². The first-order chi connectivity index (χ1) is 14.6. The molecule has 3 rings (SSSR count). The lowest BCUT2D eigenvalue weighted by Gasteiger charge is -2.16. The van der Waals surface area contributed by atoms with Gasteiger partial charge in [0.1, 0.15) is 12.4 Å². The third kappa shape index (κ3) is 5.97. The third-order valence-electron chi connectivity index (χ3n) is 4.98. The summed E-state index contributed by atoms with van der Waals surface area (Å²) in [6, 6.07) is 12.9. The van der Waals surface area contributed by atoms with Gasteiger partial charge in [0.2, 0.25) is 11.8 Å². The molecule has 0 aromatic heterocycles. The van der Waals surface area contributed by atoms with Crippen LogP contribution in [0.4, 0.5) is 17.1 Å². The van der Waals surface area contributed by atoms with Gasteiger partial charge in [-0.15, -0.1) is 0 Å². The van der Waals surface area contributed by atoms with Crippen LogP contribution in [0.1, 0.15) is 31.7 Å². The first-order valence-electron chi connectivity index (χ1n) is 10.3. The summed E-state index contributed by atoms with van der Waals surface area (Å²) >= 11 is 0. The molecule has 1 fully saturated rings. The Hall–Kier alpha value is -3.06. The zero-order valence-electron chi connectivity index (χ0n) is 17.5. The molecule has 0 aliphatic carbocycles. The minimum Gasteiger partial charge on any atom is -0.489 e. The maximum absolute atomic E-state index is 12.5. The van der Waals surface area contributed by atoms with Gasteiger partial charge in [-0.25, -0.2) is 0 Å². The van der Waals surface area contributed by atoms with Crippen LogP contribution in [0.5, 0.6) is 5.75 Å². The van der Waals surface area contributed by atoms with Crippen molar-refractivity contribution in [3.05, 3.63) is 48.0 Å². The lowest BCUT2D eigenvalue weighted by atomic mass is 10.1. The third-order valence-corrected chi connectivity index (χ3v) is 4.98. The fraction of sp³-hybridized carbons (Fsp3) is 0.391. The van der Waals surface area contributed by atoms with E-state index >= 15 is 0 Å². The van der Waals surface area contributed by atoms with E-state index in [1.54, 1.807) is 6.92 Å². The summed E-state index contributed by atoms with van der Waals surface area (Å²) < 4.78 is 11.5. The van der Waals surface area contributed by atoms with Crippen LogP contribution in [0.15, 0.2) is 42.5 Å². The van der Waals surface area contributed by atoms with E-state index in [1.165, 1.54) is 0 Å². The van der Waals surface area contributed by atoms with Crippen LogP contribution >= 0.6 is 0 Å². The largest absolute Gasteiger partial charge is 0.489 e. The van der Waals surface area contributed by atoms with Gasteiger partial charge in [-0.05, 0) is 49.6 Å². The molecule has 0 bridgehead atoms. The number of rotatable bonds is 9. The number of benzene rings is 2. The van der Waals surface area contributed by atoms with Gasteiger partial charge < -0.3 is 25.4 Å². The zero-order chi connectivity index (χ0) is 21.3. The fourth-order valence-electron chi connectivity index (χ4n) is 3.23. The summed E-state index contributed by atoms with van der Waals surface area (Å²) in [5, 5.41) is 8.90. The normalized spacial score (nSPS) is 15.5. The predicted molar refractivity (Wildman–Crippen MR) is 118 cm³/mol. The molecule has 7 nitrogen and oxygen atoms in total. The minimum atomic E-state index is -0.189. The van der Waals surface area contributed by atoms with Crippen molar-refractivity contribution in [3.63, 3.8) is 0 Å². The number of carbonyl (C=O) groups is 2. The molecule has 7 heteroatoms. The molecule has 2 aromatic rings. The Bertz CT molecular complexity index is 879. The molecule has 1 saturated heterocycles. The Morgan fingerprint density at radius 2 is 1.77 bits per heavy atom. The zero-order valence-corrected chi connectivity index (χ0v) is 17.5. The Balaban J connectivity index is 1.56. The van der Waals surface area contributed by atoms with Crippen molar-refractivity contribution >= 4 is 28.9 Å². The first kappa shape index (κ1) is 21.6. The molecule has 1 aliphatic rings. The number of amides is 2. The number of anilines is 3. The van der Waals surface area contributed by atoms with E-state index in [2.05, 4.69) is 16.0 Å². The van der Waals surface area contributed by atoms with Gasteiger partial charge in [-0.1, -0.05) is 25.1 Å². The lowest BCUT2D eigenvalue weighted by molar-refractivity contribution is -0.116. The Morgan fingerprint density at radius 1 is 1.03 bits per heavy atom. The Kier molecular flexibility index (Phi) is 7.68. The summed E-state index contributed by atoms with van der Waals surface area (Å²) in [7, 11) is 0. The van der Waals surface area contributed by atoms with Gasteiger partial charge in [0, 0.05) is 24.4 Å². The highest BCUT2D eigenvalue weighted by molar-refractivity contribution is 5.96. The molecule has 2 amide bonds. The second-order valence-corrected chi connectivity index (χ2v) is 7.22. The average molecular weight is 412 g/mol. The number of carbonyl (C=O) groups excluding carboxylic acids is 2. The standard InChI is InChI=1S/C23H29N3O4/c1-3-22(27)25-19-11-6-10-18(16(19)2)24-14-23(28)26-20-9-4-5-12-21(20)30-15-17-8-7-13-29-17/h4-6,9-12,17,24H,3,7-8,13-15H2,1-2H3,(H,25,27)(H,26,28). The van der Waals surface area contributed by atoms with Gasteiger partial charge >= 0.3 is 0 Å². The van der Waals surface area contributed by atoms with Crippen molar-refractivity contribution in [1.82, 2.24) is 0 Å². The van der Waals surface area contributed by atoms with E-state index in [0.717, 1.165) is 36.4 Å². The van der Waals surface area contributed by atoms with E-state index in [4.69, 9.17) is 9.47 Å². The molecular formula is C23H29N3O4. The van der Waals surface area contributed by atoms with Crippen LogP contribution in [0.25, 0.3) is 0 Å². The van der Waals surface area contributed by atoms with Crippen molar-refractivity contribution < 1.29 is 19.1 Å². The summed E-state index contributed by atoms with van der Waals surface area (Å²) in [5.74, 6) is 0.389. The summed E-state index contributed by atoms with van der Waals surface area (Å²) in [5.41, 5.74) is 3.04. The number of hydrogen-bond donors (Lipinski definition) is 3. The van der Waals surface area contributed by atoms with Crippen LogP contribution in [0.3, 0.4) is 0 Å². The van der Waals surface area contributed by atoms with Crippen molar-refractivity contribution in [2.45, 2.75) is 39.2 Å². The Morgan fingerprint density at radius 3 is 2.53 bits per heavy atom. The lowest BCUT2D eigenvalue weighted by Crippen LogP contribution is -2.23. The van der Waals surface area contributed by atoms with Crippen molar-refractivity contribution in [2.75, 3.05) is 35.7 Å². The molecule has 1 heterocycles. The highest BCUT2D eigenvalue weighted by Gasteiger charge is 2.17. The van der Waals surface area contributed by atoms with Gasteiger partial charge in [0.25, 0.3) is 0 Å². The summed E-state index contributed by atoms with van der Waals surface area (Å²) in [4.78, 5) is 24.2. The maximum atomic E-state index is 12.5. The van der Waals surface area contributed by atoms with Crippen molar-refractivity contribution in [1.29, 1.82) is 0 Å². The van der Waals surface area contributed by atoms with Crippen molar-refractivity contribution in [3.8, 4) is 5.75 Å². The molecule has 1 aliphatic heterocycles. The van der Waals surface area contributed by atoms with E-state index in [9.17, 15) is 9.59 Å². The fourth-order valence-corrected chi connectivity index (χ4v) is 3.23. The average Bonchev–Trinajstić information content (AvgIpc) is 3.27. The Labute approximate surface area is 177 Å². The molecule has 2 aromatic carbocycles. The highest BCUT2D eigenvalue weighted by Crippen LogP contribution is 2.26. The van der Waals surface area contributed by atoms with Crippen molar-refractivity contribution in [2.24, 2.45) is 0 Å². The van der Waals surface area contributed by atoms with E-state index < -0.39 is 0 Å².